The average molecular weight is 435 g/mol. The van der Waals surface area contributed by atoms with E-state index in [1.54, 1.807) is 4.52 Å². The van der Waals surface area contributed by atoms with Crippen molar-refractivity contribution in [1.82, 2.24) is 25.0 Å². The number of para-hydroxylation sites is 1. The van der Waals surface area contributed by atoms with E-state index in [0.29, 0.717) is 26.4 Å². The Labute approximate surface area is 178 Å². The minimum absolute atomic E-state index is 0.279. The van der Waals surface area contributed by atoms with Crippen molar-refractivity contribution in [2.75, 3.05) is 11.1 Å². The molecule has 0 saturated heterocycles. The average Bonchev–Trinajstić information content (AvgIpc) is 3.31. The van der Waals surface area contributed by atoms with Crippen molar-refractivity contribution in [2.24, 2.45) is 5.73 Å². The summed E-state index contributed by atoms with van der Waals surface area (Å²) in [6.45, 7) is 0. The molecule has 1 amide bonds. The zero-order valence-electron chi connectivity index (χ0n) is 15.3. The highest BCUT2D eigenvalue weighted by Crippen LogP contribution is 2.46. The Morgan fingerprint density at radius 1 is 1.03 bits per heavy atom. The molecule has 0 aliphatic heterocycles. The summed E-state index contributed by atoms with van der Waals surface area (Å²) in [5.74, 6) is -0.586. The third kappa shape index (κ3) is 3.09. The molecule has 5 rings (SSSR count). The van der Waals surface area contributed by atoms with Crippen LogP contribution in [0.5, 0.6) is 0 Å². The Bertz CT molecular complexity index is 1400. The van der Waals surface area contributed by atoms with Crippen molar-refractivity contribution < 1.29 is 4.79 Å². The maximum absolute atomic E-state index is 11.9. The van der Waals surface area contributed by atoms with E-state index in [9.17, 15) is 4.79 Å². The van der Waals surface area contributed by atoms with E-state index in [0.717, 1.165) is 16.6 Å². The number of aromatic nitrogens is 5. The number of fused-ring (bicyclic) bond motifs is 3. The summed E-state index contributed by atoms with van der Waals surface area (Å²) in [6, 6.07) is 17.1. The Hall–Kier alpha value is -3.70. The summed E-state index contributed by atoms with van der Waals surface area (Å²) >= 11 is 2.44. The molecule has 0 aliphatic carbocycles. The van der Waals surface area contributed by atoms with Crippen molar-refractivity contribution >= 4 is 61.9 Å². The highest BCUT2D eigenvalue weighted by Gasteiger charge is 2.23. The van der Waals surface area contributed by atoms with Gasteiger partial charge in [0.15, 0.2) is 5.65 Å². The van der Waals surface area contributed by atoms with E-state index >= 15 is 0 Å². The van der Waals surface area contributed by atoms with Gasteiger partial charge in [-0.05, 0) is 36.0 Å². The molecular weight excluding hydrogens is 420 g/mol. The number of primary amides is 1. The Kier molecular flexibility index (Phi) is 4.45. The van der Waals surface area contributed by atoms with Gasteiger partial charge in [0, 0.05) is 11.1 Å². The summed E-state index contributed by atoms with van der Waals surface area (Å²) < 4.78 is 1.56. The molecule has 0 spiro atoms. The summed E-state index contributed by atoms with van der Waals surface area (Å²) in [4.78, 5) is 12.8. The lowest BCUT2D eigenvalue weighted by molar-refractivity contribution is 0.100. The van der Waals surface area contributed by atoms with E-state index in [-0.39, 0.29) is 4.88 Å². The first-order valence-corrected chi connectivity index (χ1v) is 10.4. The van der Waals surface area contributed by atoms with E-state index < -0.39 is 5.91 Å². The zero-order chi connectivity index (χ0) is 20.7. The molecule has 3 aromatic heterocycles. The van der Waals surface area contributed by atoms with Crippen molar-refractivity contribution in [3.05, 3.63) is 59.5 Å². The molecule has 0 aliphatic rings. The van der Waals surface area contributed by atoms with Crippen molar-refractivity contribution in [2.45, 2.75) is 10.1 Å². The molecule has 30 heavy (non-hydrogen) atoms. The Balaban J connectivity index is 1.60. The minimum atomic E-state index is -0.586. The number of nitrogens with one attached hydrogen (secondary N) is 1. The Morgan fingerprint density at radius 3 is 2.60 bits per heavy atom. The van der Waals surface area contributed by atoms with Gasteiger partial charge in [-0.25, -0.2) is 0 Å². The maximum atomic E-state index is 11.9. The van der Waals surface area contributed by atoms with Crippen LogP contribution in [-0.2, 0) is 0 Å². The number of nitrogens with zero attached hydrogens (tertiary/aromatic N) is 5. The van der Waals surface area contributed by atoms with Crippen LogP contribution in [0.3, 0.4) is 0 Å². The van der Waals surface area contributed by atoms with Gasteiger partial charge in [0.25, 0.3) is 5.91 Å². The van der Waals surface area contributed by atoms with E-state index in [1.807, 2.05) is 54.6 Å². The quantitative estimate of drug-likeness (QED) is 0.383. The number of hydrogen-bond donors (Lipinski definition) is 3. The SMILES string of the molecule is NC(=O)c1sc(Nc2ccccc2)c(Sc2nnc3c4ccccc4nnn23)c1N. The lowest BCUT2D eigenvalue weighted by Crippen LogP contribution is -2.10. The number of nitrogens with two attached hydrogens (primary N) is 2. The summed E-state index contributed by atoms with van der Waals surface area (Å²) in [5.41, 5.74) is 14.2. The minimum Gasteiger partial charge on any atom is -0.396 e. The highest BCUT2D eigenvalue weighted by molar-refractivity contribution is 7.99. The summed E-state index contributed by atoms with van der Waals surface area (Å²) in [7, 11) is 0. The predicted molar refractivity (Wildman–Crippen MR) is 117 cm³/mol. The van der Waals surface area contributed by atoms with Crippen LogP contribution in [-0.4, -0.2) is 30.9 Å². The highest BCUT2D eigenvalue weighted by atomic mass is 32.2. The Morgan fingerprint density at radius 2 is 1.80 bits per heavy atom. The number of anilines is 3. The molecule has 2 aromatic carbocycles. The van der Waals surface area contributed by atoms with Crippen LogP contribution in [0.15, 0.2) is 64.6 Å². The second-order valence-corrected chi connectivity index (χ2v) is 8.28. The lowest BCUT2D eigenvalue weighted by atomic mass is 10.2. The molecular formula is C19H14N8OS2. The second kappa shape index (κ2) is 7.28. The van der Waals surface area contributed by atoms with Crippen LogP contribution < -0.4 is 16.8 Å². The van der Waals surface area contributed by atoms with Gasteiger partial charge in [0.1, 0.15) is 9.88 Å². The first-order chi connectivity index (χ1) is 14.6. The summed E-state index contributed by atoms with van der Waals surface area (Å²) in [5, 5.41) is 22.3. The number of amides is 1. The van der Waals surface area contributed by atoms with Gasteiger partial charge >= 0.3 is 0 Å². The molecule has 3 heterocycles. The number of benzene rings is 2. The van der Waals surface area contributed by atoms with E-state index in [1.165, 1.54) is 23.1 Å². The van der Waals surface area contributed by atoms with Crippen LogP contribution in [0.25, 0.3) is 16.6 Å². The predicted octanol–water partition coefficient (Wildman–Crippen LogP) is 3.31. The molecule has 11 heteroatoms. The molecule has 5 N–H and O–H groups in total. The molecule has 0 unspecified atom stereocenters. The monoisotopic (exact) mass is 434 g/mol. The normalized spacial score (nSPS) is 11.2. The largest absolute Gasteiger partial charge is 0.396 e. The number of thiophene rings is 1. The number of carbonyl (C=O) groups is 1. The molecule has 0 fully saturated rings. The van der Waals surface area contributed by atoms with Gasteiger partial charge in [0.2, 0.25) is 5.16 Å². The molecule has 148 valence electrons. The molecule has 0 atom stereocenters. The fourth-order valence-corrected chi connectivity index (χ4v) is 4.99. The van der Waals surface area contributed by atoms with Gasteiger partial charge < -0.3 is 16.8 Å². The lowest BCUT2D eigenvalue weighted by Gasteiger charge is -2.07. The fourth-order valence-electron chi connectivity index (χ4n) is 2.96. The molecule has 5 aromatic rings. The second-order valence-electron chi connectivity index (χ2n) is 6.29. The van der Waals surface area contributed by atoms with Crippen LogP contribution in [0.2, 0.25) is 0 Å². The fraction of sp³-hybridized carbons (Fsp3) is 0. The number of hydrogen-bond acceptors (Lipinski definition) is 9. The molecule has 9 nitrogen and oxygen atoms in total. The molecule has 0 saturated carbocycles. The first kappa shape index (κ1) is 18.3. The summed E-state index contributed by atoms with van der Waals surface area (Å²) in [6.07, 6.45) is 0. The third-order valence-electron chi connectivity index (χ3n) is 4.35. The smallest absolute Gasteiger partial charge is 0.261 e. The standard InChI is InChI=1S/C19H14N8OS2/c20-13-14(16(21)28)29-18(22-10-6-2-1-3-7-10)15(13)30-19-25-24-17-11-8-4-5-9-12(11)23-26-27(17)19/h1-9,22H,20H2,(H2,21,28). The molecule has 0 radical (unpaired) electrons. The van der Waals surface area contributed by atoms with Crippen LogP contribution in [0, 0.1) is 0 Å². The van der Waals surface area contributed by atoms with Gasteiger partial charge in [-0.15, -0.1) is 26.6 Å². The first-order valence-electron chi connectivity index (χ1n) is 8.80. The van der Waals surface area contributed by atoms with Gasteiger partial charge in [-0.3, -0.25) is 4.79 Å². The zero-order valence-corrected chi connectivity index (χ0v) is 16.9. The number of rotatable bonds is 5. The van der Waals surface area contributed by atoms with Gasteiger partial charge in [-0.2, -0.15) is 4.52 Å². The van der Waals surface area contributed by atoms with Crippen molar-refractivity contribution in [1.29, 1.82) is 0 Å². The third-order valence-corrected chi connectivity index (χ3v) is 6.68. The maximum Gasteiger partial charge on any atom is 0.261 e. The van der Waals surface area contributed by atoms with Crippen LogP contribution >= 0.6 is 23.1 Å². The van der Waals surface area contributed by atoms with Crippen molar-refractivity contribution in [3.8, 4) is 0 Å². The van der Waals surface area contributed by atoms with E-state index in [4.69, 9.17) is 11.5 Å². The number of nitrogen functional groups attached to an aromatic ring is 1. The topological polar surface area (TPSA) is 137 Å². The van der Waals surface area contributed by atoms with Crippen LogP contribution in [0.1, 0.15) is 9.67 Å². The van der Waals surface area contributed by atoms with Gasteiger partial charge in [0.05, 0.1) is 16.1 Å². The van der Waals surface area contributed by atoms with Crippen molar-refractivity contribution in [3.63, 3.8) is 0 Å². The van der Waals surface area contributed by atoms with E-state index in [2.05, 4.69) is 25.8 Å². The van der Waals surface area contributed by atoms with Gasteiger partial charge in [-0.1, -0.05) is 35.5 Å². The molecule has 0 bridgehead atoms. The van der Waals surface area contributed by atoms with Crippen LogP contribution in [0.4, 0.5) is 16.4 Å². The number of carbonyl (C=O) groups excluding carboxylic acids is 1.